The number of benzene rings is 2. The van der Waals surface area contributed by atoms with E-state index in [9.17, 15) is 9.90 Å². The molecule has 4 rings (SSSR count). The van der Waals surface area contributed by atoms with Gasteiger partial charge in [0, 0.05) is 12.0 Å². The van der Waals surface area contributed by atoms with Gasteiger partial charge in [0.15, 0.2) is 0 Å². The fraction of sp³-hybridized carbons (Fsp3) is 0.360. The van der Waals surface area contributed by atoms with E-state index >= 15 is 0 Å². The molecule has 1 aliphatic rings. The van der Waals surface area contributed by atoms with Crippen LogP contribution in [-0.2, 0) is 17.6 Å². The lowest BCUT2D eigenvalue weighted by molar-refractivity contribution is -0.142. The summed E-state index contributed by atoms with van der Waals surface area (Å²) in [6, 6.07) is 13.7. The van der Waals surface area contributed by atoms with E-state index in [1.165, 1.54) is 0 Å². The number of halogens is 1. The van der Waals surface area contributed by atoms with Crippen LogP contribution < -0.4 is 4.74 Å². The van der Waals surface area contributed by atoms with Gasteiger partial charge in [-0.3, -0.25) is 4.79 Å². The van der Waals surface area contributed by atoms with Crippen molar-refractivity contribution in [2.24, 2.45) is 5.92 Å². The molecule has 0 saturated carbocycles. The molecule has 0 fully saturated rings. The molecule has 0 amide bonds. The quantitative estimate of drug-likeness (QED) is 0.461. The van der Waals surface area contributed by atoms with Crippen molar-refractivity contribution < 1.29 is 19.1 Å². The van der Waals surface area contributed by atoms with Crippen molar-refractivity contribution in [1.29, 1.82) is 0 Å². The first-order chi connectivity index (χ1) is 15.0. The SMILES string of the molecule is CCC(C(=O)O)C1CCc2cc(OCCc3nc(-c4ccccc4)oc3C)c(Cl)cc21. The highest BCUT2D eigenvalue weighted by molar-refractivity contribution is 6.32. The number of aryl methyl sites for hydroxylation is 2. The fourth-order valence-electron chi connectivity index (χ4n) is 4.42. The molecule has 6 heteroatoms. The number of rotatable bonds is 8. The molecule has 162 valence electrons. The lowest BCUT2D eigenvalue weighted by Gasteiger charge is -2.19. The Morgan fingerprint density at radius 3 is 2.81 bits per heavy atom. The predicted octanol–water partition coefficient (Wildman–Crippen LogP) is 6.07. The van der Waals surface area contributed by atoms with Gasteiger partial charge in [-0.1, -0.05) is 36.7 Å². The third kappa shape index (κ3) is 4.47. The number of aromatic nitrogens is 1. The number of hydrogen-bond donors (Lipinski definition) is 1. The van der Waals surface area contributed by atoms with Gasteiger partial charge in [0.1, 0.15) is 11.5 Å². The molecular formula is C25H26ClNO4. The van der Waals surface area contributed by atoms with Crippen LogP contribution >= 0.6 is 11.6 Å². The number of hydrogen-bond acceptors (Lipinski definition) is 4. The van der Waals surface area contributed by atoms with Gasteiger partial charge in [-0.25, -0.2) is 4.98 Å². The summed E-state index contributed by atoms with van der Waals surface area (Å²) in [4.78, 5) is 16.2. The van der Waals surface area contributed by atoms with E-state index in [0.29, 0.717) is 36.1 Å². The summed E-state index contributed by atoms with van der Waals surface area (Å²) >= 11 is 6.49. The van der Waals surface area contributed by atoms with Crippen LogP contribution in [-0.4, -0.2) is 22.7 Å². The molecule has 0 radical (unpaired) electrons. The zero-order valence-electron chi connectivity index (χ0n) is 17.7. The minimum Gasteiger partial charge on any atom is -0.492 e. The number of oxazole rings is 1. The lowest BCUT2D eigenvalue weighted by Crippen LogP contribution is -2.19. The first-order valence-corrected chi connectivity index (χ1v) is 11.0. The molecule has 1 heterocycles. The number of ether oxygens (including phenoxy) is 1. The summed E-state index contributed by atoms with van der Waals surface area (Å²) < 4.78 is 11.8. The van der Waals surface area contributed by atoms with Gasteiger partial charge in [-0.15, -0.1) is 0 Å². The summed E-state index contributed by atoms with van der Waals surface area (Å²) in [7, 11) is 0. The van der Waals surface area contributed by atoms with E-state index in [4.69, 9.17) is 20.8 Å². The second kappa shape index (κ2) is 9.15. The Morgan fingerprint density at radius 1 is 1.32 bits per heavy atom. The monoisotopic (exact) mass is 439 g/mol. The van der Waals surface area contributed by atoms with E-state index in [2.05, 4.69) is 4.98 Å². The van der Waals surface area contributed by atoms with Crippen LogP contribution in [0.15, 0.2) is 46.9 Å². The molecule has 2 atom stereocenters. The van der Waals surface area contributed by atoms with Gasteiger partial charge in [0.25, 0.3) is 0 Å². The van der Waals surface area contributed by atoms with E-state index in [0.717, 1.165) is 41.0 Å². The van der Waals surface area contributed by atoms with Crippen LogP contribution in [0, 0.1) is 12.8 Å². The third-order valence-corrected chi connectivity index (χ3v) is 6.37. The first-order valence-electron chi connectivity index (χ1n) is 10.7. The second-order valence-corrected chi connectivity index (χ2v) is 8.37. The summed E-state index contributed by atoms with van der Waals surface area (Å²) in [6.07, 6.45) is 2.90. The summed E-state index contributed by atoms with van der Waals surface area (Å²) in [6.45, 7) is 4.26. The molecule has 5 nitrogen and oxygen atoms in total. The van der Waals surface area contributed by atoms with Gasteiger partial charge < -0.3 is 14.3 Å². The minimum atomic E-state index is -0.741. The average Bonchev–Trinajstić information content (AvgIpc) is 3.33. The van der Waals surface area contributed by atoms with E-state index < -0.39 is 5.97 Å². The van der Waals surface area contributed by atoms with Crippen molar-refractivity contribution in [3.05, 3.63) is 70.1 Å². The zero-order chi connectivity index (χ0) is 22.0. The Kier molecular flexibility index (Phi) is 6.33. The van der Waals surface area contributed by atoms with Crippen molar-refractivity contribution in [2.75, 3.05) is 6.61 Å². The highest BCUT2D eigenvalue weighted by Crippen LogP contribution is 2.43. The maximum Gasteiger partial charge on any atom is 0.307 e. The van der Waals surface area contributed by atoms with E-state index in [-0.39, 0.29) is 11.8 Å². The predicted molar refractivity (Wildman–Crippen MR) is 120 cm³/mol. The van der Waals surface area contributed by atoms with Gasteiger partial charge in [-0.05, 0) is 67.5 Å². The lowest BCUT2D eigenvalue weighted by atomic mass is 9.85. The van der Waals surface area contributed by atoms with Crippen LogP contribution in [0.3, 0.4) is 0 Å². The maximum absolute atomic E-state index is 11.6. The Hall–Kier alpha value is -2.79. The fourth-order valence-corrected chi connectivity index (χ4v) is 4.65. The maximum atomic E-state index is 11.6. The number of fused-ring (bicyclic) bond motifs is 1. The molecular weight excluding hydrogens is 414 g/mol. The van der Waals surface area contributed by atoms with Crippen LogP contribution in [0.25, 0.3) is 11.5 Å². The Bertz CT molecular complexity index is 1080. The molecule has 1 N–H and O–H groups in total. The molecule has 0 bridgehead atoms. The highest BCUT2D eigenvalue weighted by Gasteiger charge is 2.34. The van der Waals surface area contributed by atoms with Crippen LogP contribution in [0.2, 0.25) is 5.02 Å². The highest BCUT2D eigenvalue weighted by atomic mass is 35.5. The molecule has 0 spiro atoms. The van der Waals surface area contributed by atoms with Gasteiger partial charge in [-0.2, -0.15) is 0 Å². The second-order valence-electron chi connectivity index (χ2n) is 7.97. The first kappa shape index (κ1) is 21.4. The van der Waals surface area contributed by atoms with Crippen molar-refractivity contribution >= 4 is 17.6 Å². The van der Waals surface area contributed by atoms with Crippen molar-refractivity contribution in [2.45, 2.75) is 45.4 Å². The Balaban J connectivity index is 1.44. The number of aliphatic carboxylic acids is 1. The van der Waals surface area contributed by atoms with Crippen molar-refractivity contribution in [3.63, 3.8) is 0 Å². The van der Waals surface area contributed by atoms with Crippen LogP contribution in [0.4, 0.5) is 0 Å². The topological polar surface area (TPSA) is 72.6 Å². The minimum absolute atomic E-state index is 0.0123. The molecule has 2 aromatic carbocycles. The number of carboxylic acids is 1. The standard InChI is InChI=1S/C25H26ClNO4/c1-3-18(25(28)29)19-10-9-17-13-23(21(26)14-20(17)19)30-12-11-22-15(2)31-24(27-22)16-7-5-4-6-8-16/h4-8,13-14,18-19H,3,9-12H2,1-2H3,(H,28,29). The van der Waals surface area contributed by atoms with E-state index in [1.807, 2.05) is 56.3 Å². The molecule has 31 heavy (non-hydrogen) atoms. The molecule has 1 aliphatic carbocycles. The van der Waals surface area contributed by atoms with Gasteiger partial charge in [0.05, 0.1) is 23.2 Å². The van der Waals surface area contributed by atoms with Gasteiger partial charge >= 0.3 is 5.97 Å². The number of carboxylic acid groups (broad SMARTS) is 1. The normalized spacial score (nSPS) is 16.2. The Labute approximate surface area is 187 Å². The third-order valence-electron chi connectivity index (χ3n) is 6.07. The van der Waals surface area contributed by atoms with Crippen LogP contribution in [0.5, 0.6) is 5.75 Å². The molecule has 3 aromatic rings. The Morgan fingerprint density at radius 2 is 2.10 bits per heavy atom. The van der Waals surface area contributed by atoms with Crippen molar-refractivity contribution in [1.82, 2.24) is 4.98 Å². The number of carbonyl (C=O) groups is 1. The molecule has 0 saturated heterocycles. The summed E-state index contributed by atoms with van der Waals surface area (Å²) in [5.74, 6) is 0.919. The van der Waals surface area contributed by atoms with Crippen molar-refractivity contribution in [3.8, 4) is 17.2 Å². The largest absolute Gasteiger partial charge is 0.492 e. The molecule has 2 unspecified atom stereocenters. The zero-order valence-corrected chi connectivity index (χ0v) is 18.5. The summed E-state index contributed by atoms with van der Waals surface area (Å²) in [5, 5.41) is 10.1. The van der Waals surface area contributed by atoms with Gasteiger partial charge in [0.2, 0.25) is 5.89 Å². The number of nitrogens with zero attached hydrogens (tertiary/aromatic N) is 1. The average molecular weight is 440 g/mol. The smallest absolute Gasteiger partial charge is 0.307 e. The summed E-state index contributed by atoms with van der Waals surface area (Å²) in [5.41, 5.74) is 3.99. The molecule has 0 aliphatic heterocycles. The van der Waals surface area contributed by atoms with Crippen LogP contribution in [0.1, 0.15) is 48.3 Å². The molecule has 1 aromatic heterocycles. The van der Waals surface area contributed by atoms with E-state index in [1.54, 1.807) is 0 Å².